The predicted octanol–water partition coefficient (Wildman–Crippen LogP) is 2.58. The summed E-state index contributed by atoms with van der Waals surface area (Å²) in [6.07, 6.45) is 2.65. The summed E-state index contributed by atoms with van der Waals surface area (Å²) in [6, 6.07) is 0. The van der Waals surface area contributed by atoms with Gasteiger partial charge in [0.15, 0.2) is 0 Å². The molecule has 1 aliphatic rings. The average molecular weight is 270 g/mol. The summed E-state index contributed by atoms with van der Waals surface area (Å²) in [5.41, 5.74) is 5.87. The number of rotatable bonds is 3. The highest BCUT2D eigenvalue weighted by Gasteiger charge is 2.28. The van der Waals surface area contributed by atoms with E-state index < -0.39 is 0 Å². The summed E-state index contributed by atoms with van der Waals surface area (Å²) in [4.78, 5) is 14.8. The molecule has 0 radical (unpaired) electrons. The smallest absolute Gasteiger partial charge is 0.222 e. The molecule has 0 bridgehead atoms. The highest BCUT2D eigenvalue weighted by Crippen LogP contribution is 2.29. The van der Waals surface area contributed by atoms with E-state index in [-0.39, 0.29) is 17.2 Å². The van der Waals surface area contributed by atoms with Crippen molar-refractivity contribution in [1.82, 2.24) is 4.90 Å². The number of amides is 1. The molecule has 0 aromatic rings. The molecule has 3 nitrogen and oxygen atoms in total. The molecule has 1 amide bonds. The standard InChI is InChI=1S/C14H26N2OS/c1-10(14(2,3)4)8-12(17)16-7-5-6-11(9-16)13(15)18/h10-11H,5-9H2,1-4H3,(H2,15,18). The number of carbonyl (C=O) groups excluding carboxylic acids is 1. The molecular formula is C14H26N2OS. The summed E-state index contributed by atoms with van der Waals surface area (Å²) >= 11 is 5.04. The largest absolute Gasteiger partial charge is 0.393 e. The van der Waals surface area contributed by atoms with Crippen molar-refractivity contribution < 1.29 is 4.79 Å². The third-order valence-electron chi connectivity index (χ3n) is 4.14. The minimum absolute atomic E-state index is 0.175. The molecule has 2 unspecified atom stereocenters. The Labute approximate surface area is 116 Å². The van der Waals surface area contributed by atoms with E-state index in [1.54, 1.807) is 0 Å². The fourth-order valence-corrected chi connectivity index (χ4v) is 2.33. The fourth-order valence-electron chi connectivity index (χ4n) is 2.13. The first-order chi connectivity index (χ1) is 8.21. The van der Waals surface area contributed by atoms with Crippen LogP contribution in [-0.4, -0.2) is 28.9 Å². The SMILES string of the molecule is CC(CC(=O)N1CCCC(C(N)=S)C1)C(C)(C)C. The van der Waals surface area contributed by atoms with Gasteiger partial charge in [-0.3, -0.25) is 4.79 Å². The van der Waals surface area contributed by atoms with Gasteiger partial charge in [0.2, 0.25) is 5.91 Å². The Balaban J connectivity index is 2.54. The lowest BCUT2D eigenvalue weighted by atomic mass is 9.80. The Kier molecular flexibility index (Phi) is 5.14. The molecule has 104 valence electrons. The lowest BCUT2D eigenvalue weighted by Crippen LogP contribution is -2.44. The zero-order chi connectivity index (χ0) is 13.9. The maximum absolute atomic E-state index is 12.3. The lowest BCUT2D eigenvalue weighted by Gasteiger charge is -2.34. The number of hydrogen-bond donors (Lipinski definition) is 1. The van der Waals surface area contributed by atoms with Crippen LogP contribution < -0.4 is 5.73 Å². The second-order valence-electron chi connectivity index (χ2n) is 6.55. The van der Waals surface area contributed by atoms with Crippen molar-refractivity contribution in [2.45, 2.75) is 47.0 Å². The molecule has 0 spiro atoms. The van der Waals surface area contributed by atoms with E-state index in [0.29, 0.717) is 23.9 Å². The van der Waals surface area contributed by atoms with Crippen molar-refractivity contribution in [2.75, 3.05) is 13.1 Å². The summed E-state index contributed by atoms with van der Waals surface area (Å²) in [7, 11) is 0. The fraction of sp³-hybridized carbons (Fsp3) is 0.857. The summed E-state index contributed by atoms with van der Waals surface area (Å²) in [5, 5.41) is 0. The quantitative estimate of drug-likeness (QED) is 0.802. The number of carbonyl (C=O) groups is 1. The summed E-state index contributed by atoms with van der Waals surface area (Å²) < 4.78 is 0. The number of piperidine rings is 1. The van der Waals surface area contributed by atoms with E-state index in [0.717, 1.165) is 19.4 Å². The number of nitrogens with two attached hydrogens (primary N) is 1. The maximum atomic E-state index is 12.3. The number of hydrogen-bond acceptors (Lipinski definition) is 2. The normalized spacial score (nSPS) is 22.7. The molecule has 1 fully saturated rings. The molecule has 0 aromatic carbocycles. The molecule has 2 N–H and O–H groups in total. The molecule has 0 saturated carbocycles. The molecule has 1 rings (SSSR count). The molecule has 1 heterocycles. The Morgan fingerprint density at radius 3 is 2.61 bits per heavy atom. The van der Waals surface area contributed by atoms with E-state index in [4.69, 9.17) is 18.0 Å². The Morgan fingerprint density at radius 1 is 1.50 bits per heavy atom. The lowest BCUT2D eigenvalue weighted by molar-refractivity contribution is -0.134. The van der Waals surface area contributed by atoms with Crippen LogP contribution in [0.5, 0.6) is 0 Å². The van der Waals surface area contributed by atoms with Crippen LogP contribution in [0.4, 0.5) is 0 Å². The van der Waals surface area contributed by atoms with Gasteiger partial charge in [0.25, 0.3) is 0 Å². The van der Waals surface area contributed by atoms with Crippen molar-refractivity contribution in [1.29, 1.82) is 0 Å². The molecule has 1 aliphatic heterocycles. The first kappa shape index (κ1) is 15.4. The van der Waals surface area contributed by atoms with E-state index >= 15 is 0 Å². The second-order valence-corrected chi connectivity index (χ2v) is 7.02. The predicted molar refractivity (Wildman–Crippen MR) is 79.3 cm³/mol. The van der Waals surface area contributed by atoms with Crippen LogP contribution in [0.25, 0.3) is 0 Å². The zero-order valence-electron chi connectivity index (χ0n) is 12.0. The highest BCUT2D eigenvalue weighted by molar-refractivity contribution is 7.80. The van der Waals surface area contributed by atoms with Gasteiger partial charge in [-0.1, -0.05) is 39.9 Å². The van der Waals surface area contributed by atoms with Crippen LogP contribution in [0, 0.1) is 17.3 Å². The van der Waals surface area contributed by atoms with Gasteiger partial charge >= 0.3 is 0 Å². The molecule has 4 heteroatoms. The molecule has 18 heavy (non-hydrogen) atoms. The minimum Gasteiger partial charge on any atom is -0.393 e. The van der Waals surface area contributed by atoms with Crippen LogP contribution in [0.15, 0.2) is 0 Å². The minimum atomic E-state index is 0.175. The van der Waals surface area contributed by atoms with Gasteiger partial charge in [0, 0.05) is 25.4 Å². The average Bonchev–Trinajstić information content (AvgIpc) is 2.27. The number of likely N-dealkylation sites (tertiary alicyclic amines) is 1. The van der Waals surface area contributed by atoms with Gasteiger partial charge in [0.05, 0.1) is 4.99 Å². The van der Waals surface area contributed by atoms with Crippen LogP contribution in [0.1, 0.15) is 47.0 Å². The highest BCUT2D eigenvalue weighted by atomic mass is 32.1. The first-order valence-electron chi connectivity index (χ1n) is 6.79. The van der Waals surface area contributed by atoms with Crippen LogP contribution in [-0.2, 0) is 4.79 Å². The van der Waals surface area contributed by atoms with E-state index in [1.165, 1.54) is 0 Å². The van der Waals surface area contributed by atoms with Crippen LogP contribution >= 0.6 is 12.2 Å². The Morgan fingerprint density at radius 2 is 2.11 bits per heavy atom. The molecular weight excluding hydrogens is 244 g/mol. The molecule has 1 saturated heterocycles. The van der Waals surface area contributed by atoms with Gasteiger partial charge in [-0.05, 0) is 24.2 Å². The van der Waals surface area contributed by atoms with E-state index in [2.05, 4.69) is 27.7 Å². The molecule has 0 aromatic heterocycles. The van der Waals surface area contributed by atoms with Crippen LogP contribution in [0.3, 0.4) is 0 Å². The van der Waals surface area contributed by atoms with E-state index in [9.17, 15) is 4.79 Å². The van der Waals surface area contributed by atoms with E-state index in [1.807, 2.05) is 4.90 Å². The number of nitrogens with zero attached hydrogens (tertiary/aromatic N) is 1. The summed E-state index contributed by atoms with van der Waals surface area (Å²) in [6.45, 7) is 10.3. The van der Waals surface area contributed by atoms with Crippen LogP contribution in [0.2, 0.25) is 0 Å². The zero-order valence-corrected chi connectivity index (χ0v) is 12.8. The molecule has 2 atom stereocenters. The van der Waals surface area contributed by atoms with Crippen molar-refractivity contribution in [2.24, 2.45) is 23.0 Å². The van der Waals surface area contributed by atoms with Crippen molar-refractivity contribution in [3.05, 3.63) is 0 Å². The van der Waals surface area contributed by atoms with Crippen molar-refractivity contribution in [3.63, 3.8) is 0 Å². The third kappa shape index (κ3) is 4.23. The summed E-state index contributed by atoms with van der Waals surface area (Å²) in [5.74, 6) is 0.844. The first-order valence-corrected chi connectivity index (χ1v) is 7.19. The second kappa shape index (κ2) is 6.00. The van der Waals surface area contributed by atoms with Gasteiger partial charge in [-0.2, -0.15) is 0 Å². The molecule has 0 aliphatic carbocycles. The Bertz CT molecular complexity index is 322. The van der Waals surface area contributed by atoms with Crippen molar-refractivity contribution >= 4 is 23.1 Å². The van der Waals surface area contributed by atoms with Gasteiger partial charge in [-0.25, -0.2) is 0 Å². The Hall–Kier alpha value is -0.640. The topological polar surface area (TPSA) is 46.3 Å². The van der Waals surface area contributed by atoms with Gasteiger partial charge in [0.1, 0.15) is 0 Å². The van der Waals surface area contributed by atoms with Gasteiger partial charge in [-0.15, -0.1) is 0 Å². The van der Waals surface area contributed by atoms with Crippen molar-refractivity contribution in [3.8, 4) is 0 Å². The third-order valence-corrected chi connectivity index (χ3v) is 4.47. The van der Waals surface area contributed by atoms with Gasteiger partial charge < -0.3 is 10.6 Å². The maximum Gasteiger partial charge on any atom is 0.222 e. The number of thiocarbonyl (C=S) groups is 1. The monoisotopic (exact) mass is 270 g/mol.